The van der Waals surface area contributed by atoms with Gasteiger partial charge in [-0.1, -0.05) is 13.3 Å². The van der Waals surface area contributed by atoms with Gasteiger partial charge in [0, 0.05) is 25.5 Å². The smallest absolute Gasteiger partial charge is 0.194 e. The summed E-state index contributed by atoms with van der Waals surface area (Å²) in [5.74, 6) is 2.68. The average Bonchev–Trinajstić information content (AvgIpc) is 3.21. The summed E-state index contributed by atoms with van der Waals surface area (Å²) in [5.41, 5.74) is 1.32. The van der Waals surface area contributed by atoms with Gasteiger partial charge in [-0.05, 0) is 39.0 Å². The molecule has 0 fully saturated rings. The fourth-order valence-corrected chi connectivity index (χ4v) is 4.38. The van der Waals surface area contributed by atoms with E-state index in [0.717, 1.165) is 50.0 Å². The van der Waals surface area contributed by atoms with Gasteiger partial charge in [-0.15, -0.1) is 45.5 Å². The Morgan fingerprint density at radius 3 is 2.75 bits per heavy atom. The lowest BCUT2D eigenvalue weighted by molar-refractivity contribution is 0.470. The third-order valence-corrected chi connectivity index (χ3v) is 6.13. The first-order valence-electron chi connectivity index (χ1n) is 9.90. The first-order valence-corrected chi connectivity index (χ1v) is 10.7. The molecule has 1 aliphatic rings. The number of aryl methyl sites for hydroxylation is 3. The van der Waals surface area contributed by atoms with E-state index in [2.05, 4.69) is 34.4 Å². The predicted octanol–water partition coefficient (Wildman–Crippen LogP) is 3.45. The topological polar surface area (TPSA) is 71.2 Å². The monoisotopic (exact) mass is 517 g/mol. The van der Waals surface area contributed by atoms with E-state index in [4.69, 9.17) is 9.98 Å². The number of hydrogen-bond acceptors (Lipinski definition) is 5. The van der Waals surface area contributed by atoms with Crippen molar-refractivity contribution in [2.75, 3.05) is 13.6 Å². The van der Waals surface area contributed by atoms with Gasteiger partial charge in [-0.3, -0.25) is 0 Å². The third-order valence-electron chi connectivity index (χ3n) is 4.99. The predicted molar refractivity (Wildman–Crippen MR) is 125 cm³/mol. The zero-order valence-electron chi connectivity index (χ0n) is 17.4. The van der Waals surface area contributed by atoms with Gasteiger partial charge in [0.2, 0.25) is 0 Å². The van der Waals surface area contributed by atoms with Crippen molar-refractivity contribution >= 4 is 41.3 Å². The Morgan fingerprint density at radius 1 is 1.29 bits per heavy atom. The maximum atomic E-state index is 4.87. The second kappa shape index (κ2) is 11.1. The first kappa shape index (κ1) is 23.1. The van der Waals surface area contributed by atoms with Crippen molar-refractivity contribution in [2.24, 2.45) is 12.0 Å². The van der Waals surface area contributed by atoms with Crippen LogP contribution in [-0.4, -0.2) is 44.2 Å². The molecule has 2 aromatic heterocycles. The molecule has 0 aliphatic heterocycles. The van der Waals surface area contributed by atoms with Gasteiger partial charge < -0.3 is 14.8 Å². The second-order valence-electron chi connectivity index (χ2n) is 7.18. The van der Waals surface area contributed by atoms with Gasteiger partial charge in [-0.2, -0.15) is 0 Å². The molecule has 0 saturated heterocycles. The number of nitrogens with one attached hydrogen (secondary N) is 1. The van der Waals surface area contributed by atoms with Crippen LogP contribution in [-0.2, 0) is 33.0 Å². The van der Waals surface area contributed by atoms with E-state index >= 15 is 0 Å². The van der Waals surface area contributed by atoms with Crippen LogP contribution in [0.3, 0.4) is 0 Å². The highest BCUT2D eigenvalue weighted by Gasteiger charge is 2.17. The molecule has 0 radical (unpaired) electrons. The van der Waals surface area contributed by atoms with Gasteiger partial charge >= 0.3 is 0 Å². The molecule has 0 saturated carbocycles. The van der Waals surface area contributed by atoms with Crippen LogP contribution in [0.2, 0.25) is 0 Å². The number of nitrogens with zero attached hydrogens (tertiary/aromatic N) is 6. The minimum atomic E-state index is 0. The lowest BCUT2D eigenvalue weighted by Crippen LogP contribution is -2.39. The van der Waals surface area contributed by atoms with Crippen LogP contribution in [0, 0.1) is 6.92 Å². The van der Waals surface area contributed by atoms with Crippen molar-refractivity contribution in [3.63, 3.8) is 0 Å². The van der Waals surface area contributed by atoms with Crippen molar-refractivity contribution in [1.82, 2.24) is 30.0 Å². The van der Waals surface area contributed by atoms with Gasteiger partial charge in [0.1, 0.15) is 17.4 Å². The highest BCUT2D eigenvalue weighted by atomic mass is 127. The molecule has 1 aliphatic carbocycles. The summed E-state index contributed by atoms with van der Waals surface area (Å²) in [6.45, 7) is 6.38. The molecule has 156 valence electrons. The van der Waals surface area contributed by atoms with Crippen LogP contribution in [0.4, 0.5) is 0 Å². The number of aromatic nitrogens is 4. The Hall–Kier alpha value is -1.23. The van der Waals surface area contributed by atoms with E-state index in [1.807, 2.05) is 29.9 Å². The summed E-state index contributed by atoms with van der Waals surface area (Å²) in [6, 6.07) is 0. The quantitative estimate of drug-likeness (QED) is 0.264. The molecule has 28 heavy (non-hydrogen) atoms. The molecule has 2 aromatic rings. The molecule has 2 heterocycles. The molecule has 0 aromatic carbocycles. The van der Waals surface area contributed by atoms with E-state index < -0.39 is 0 Å². The fourth-order valence-electron chi connectivity index (χ4n) is 3.17. The van der Waals surface area contributed by atoms with E-state index in [9.17, 15) is 0 Å². The molecular weight excluding hydrogens is 485 g/mol. The number of rotatable bonds is 7. The molecule has 3 rings (SSSR count). The second-order valence-corrected chi connectivity index (χ2v) is 8.35. The van der Waals surface area contributed by atoms with Gasteiger partial charge in [0.15, 0.2) is 11.8 Å². The van der Waals surface area contributed by atoms with Crippen LogP contribution in [0.15, 0.2) is 4.99 Å². The first-order chi connectivity index (χ1) is 13.1. The highest BCUT2D eigenvalue weighted by molar-refractivity contribution is 14.0. The van der Waals surface area contributed by atoms with E-state index in [-0.39, 0.29) is 24.0 Å². The van der Waals surface area contributed by atoms with Crippen molar-refractivity contribution in [2.45, 2.75) is 65.5 Å². The number of hydrogen-bond donors (Lipinski definition) is 1. The summed E-state index contributed by atoms with van der Waals surface area (Å²) in [5, 5.41) is 13.0. The van der Waals surface area contributed by atoms with Crippen molar-refractivity contribution < 1.29 is 0 Å². The molecule has 9 heteroatoms. The van der Waals surface area contributed by atoms with Crippen LogP contribution < -0.4 is 5.32 Å². The Balaban J connectivity index is 0.00000280. The van der Waals surface area contributed by atoms with Gasteiger partial charge in [0.05, 0.1) is 12.2 Å². The molecule has 7 nitrogen and oxygen atoms in total. The van der Waals surface area contributed by atoms with Crippen LogP contribution in [0.5, 0.6) is 0 Å². The van der Waals surface area contributed by atoms with Gasteiger partial charge in [-0.25, -0.2) is 9.98 Å². The standard InChI is InChI=1S/C19H31N7S.HI/c1-5-6-11-20-19(21-12-17-24-23-14(2)26(17)4)25(3)13-18-22-15-9-7-8-10-16(15)27-18;/h5-13H2,1-4H3,(H,20,21);1H. The normalized spacial score (nSPS) is 13.8. The zero-order valence-corrected chi connectivity index (χ0v) is 20.5. The summed E-state index contributed by atoms with van der Waals surface area (Å²) in [6.07, 6.45) is 7.18. The molecule has 0 amide bonds. The maximum absolute atomic E-state index is 4.87. The van der Waals surface area contributed by atoms with Crippen LogP contribution in [0.1, 0.15) is 59.8 Å². The average molecular weight is 517 g/mol. The molecule has 0 unspecified atom stereocenters. The lowest BCUT2D eigenvalue weighted by atomic mass is 10.0. The van der Waals surface area contributed by atoms with Crippen LogP contribution in [0.25, 0.3) is 0 Å². The lowest BCUT2D eigenvalue weighted by Gasteiger charge is -2.21. The number of guanidine groups is 1. The number of unbranched alkanes of at least 4 members (excludes halogenated alkanes) is 1. The van der Waals surface area contributed by atoms with E-state index in [0.29, 0.717) is 6.54 Å². The largest absolute Gasteiger partial charge is 0.356 e. The molecule has 0 spiro atoms. The minimum absolute atomic E-state index is 0. The highest BCUT2D eigenvalue weighted by Crippen LogP contribution is 2.27. The Morgan fingerprint density at radius 2 is 2.07 bits per heavy atom. The third kappa shape index (κ3) is 5.88. The van der Waals surface area contributed by atoms with Crippen molar-refractivity contribution in [3.05, 3.63) is 27.2 Å². The SMILES string of the molecule is CCCCNC(=NCc1nnc(C)n1C)N(C)Cc1nc2c(s1)CCCC2.I. The van der Waals surface area contributed by atoms with Gasteiger partial charge in [0.25, 0.3) is 0 Å². The Labute approximate surface area is 189 Å². The summed E-state index contributed by atoms with van der Waals surface area (Å²) >= 11 is 1.87. The summed E-state index contributed by atoms with van der Waals surface area (Å²) in [7, 11) is 4.06. The molecule has 0 bridgehead atoms. The van der Waals surface area contributed by atoms with E-state index in [1.54, 1.807) is 0 Å². The molecule has 0 atom stereocenters. The van der Waals surface area contributed by atoms with Crippen LogP contribution >= 0.6 is 35.3 Å². The Kier molecular flexibility index (Phi) is 9.13. The number of halogens is 1. The zero-order chi connectivity index (χ0) is 19.2. The molecular formula is C19H32IN7S. The minimum Gasteiger partial charge on any atom is -0.356 e. The number of fused-ring (bicyclic) bond motifs is 1. The summed E-state index contributed by atoms with van der Waals surface area (Å²) in [4.78, 5) is 13.3. The maximum Gasteiger partial charge on any atom is 0.194 e. The summed E-state index contributed by atoms with van der Waals surface area (Å²) < 4.78 is 1.99. The van der Waals surface area contributed by atoms with E-state index in [1.165, 1.54) is 34.8 Å². The molecule has 1 N–H and O–H groups in total. The Bertz CT molecular complexity index is 760. The van der Waals surface area contributed by atoms with Crippen molar-refractivity contribution in [3.8, 4) is 0 Å². The number of thiazole rings is 1. The fraction of sp³-hybridized carbons (Fsp3) is 0.684. The van der Waals surface area contributed by atoms with Crippen molar-refractivity contribution in [1.29, 1.82) is 0 Å². The number of aliphatic imine (C=N–C) groups is 1.